The van der Waals surface area contributed by atoms with E-state index in [4.69, 9.17) is 0 Å². The van der Waals surface area contributed by atoms with Crippen LogP contribution in [0.5, 0.6) is 0 Å². The summed E-state index contributed by atoms with van der Waals surface area (Å²) in [7, 11) is 0. The summed E-state index contributed by atoms with van der Waals surface area (Å²) in [5, 5.41) is 2.72. The van der Waals surface area contributed by atoms with Gasteiger partial charge in [0.05, 0.1) is 0 Å². The van der Waals surface area contributed by atoms with E-state index in [9.17, 15) is 9.18 Å². The number of rotatable bonds is 2. The van der Waals surface area contributed by atoms with Crippen LogP contribution in [0.15, 0.2) is 22.7 Å². The standard InChI is InChI=1S/C11H11BrFNO/c12-8-4-9(13)6-10(5-8)14-11(15)7-2-1-3-7/h4-7H,1-3H2,(H,14,15). The number of carbonyl (C=O) groups is 1. The molecular weight excluding hydrogens is 261 g/mol. The van der Waals surface area contributed by atoms with Gasteiger partial charge in [-0.2, -0.15) is 0 Å². The van der Waals surface area contributed by atoms with E-state index in [1.54, 1.807) is 6.07 Å². The molecular formula is C11H11BrFNO. The van der Waals surface area contributed by atoms with Gasteiger partial charge >= 0.3 is 0 Å². The second-order valence-corrected chi connectivity index (χ2v) is 4.69. The predicted octanol–water partition coefficient (Wildman–Crippen LogP) is 3.33. The summed E-state index contributed by atoms with van der Waals surface area (Å²) < 4.78 is 13.6. The molecule has 0 spiro atoms. The first kappa shape index (κ1) is 10.6. The summed E-state index contributed by atoms with van der Waals surface area (Å²) in [6.07, 6.45) is 3.01. The van der Waals surface area contributed by atoms with Crippen molar-refractivity contribution in [2.75, 3.05) is 5.32 Å². The zero-order valence-corrected chi connectivity index (χ0v) is 9.68. The second-order valence-electron chi connectivity index (χ2n) is 3.78. The molecule has 1 aliphatic carbocycles. The van der Waals surface area contributed by atoms with Crippen LogP contribution in [0.2, 0.25) is 0 Å². The summed E-state index contributed by atoms with van der Waals surface area (Å²) >= 11 is 3.18. The lowest BCUT2D eigenvalue weighted by molar-refractivity contribution is -0.122. The molecule has 0 aromatic heterocycles. The number of carbonyl (C=O) groups excluding carboxylic acids is 1. The average molecular weight is 272 g/mol. The van der Waals surface area contributed by atoms with Crippen LogP contribution >= 0.6 is 15.9 Å². The van der Waals surface area contributed by atoms with Gasteiger partial charge in [0.15, 0.2) is 0 Å². The lowest BCUT2D eigenvalue weighted by Gasteiger charge is -2.24. The van der Waals surface area contributed by atoms with Crippen molar-refractivity contribution in [1.29, 1.82) is 0 Å². The van der Waals surface area contributed by atoms with Gasteiger partial charge in [0.25, 0.3) is 0 Å². The quantitative estimate of drug-likeness (QED) is 0.879. The molecule has 0 unspecified atom stereocenters. The first-order valence-corrected chi connectivity index (χ1v) is 5.71. The number of amides is 1. The molecule has 2 rings (SSSR count). The van der Waals surface area contributed by atoms with Crippen LogP contribution in [0.25, 0.3) is 0 Å². The lowest BCUT2D eigenvalue weighted by atomic mass is 9.85. The summed E-state index contributed by atoms with van der Waals surface area (Å²) in [5.74, 6) is -0.237. The molecule has 15 heavy (non-hydrogen) atoms. The smallest absolute Gasteiger partial charge is 0.227 e. The SMILES string of the molecule is O=C(Nc1cc(F)cc(Br)c1)C1CCC1. The van der Waals surface area contributed by atoms with Crippen molar-refractivity contribution >= 4 is 27.5 Å². The van der Waals surface area contributed by atoms with Crippen molar-refractivity contribution in [3.05, 3.63) is 28.5 Å². The second kappa shape index (κ2) is 4.31. The molecule has 0 atom stereocenters. The molecule has 0 radical (unpaired) electrons. The van der Waals surface area contributed by atoms with Crippen LogP contribution in [-0.2, 0) is 4.79 Å². The van der Waals surface area contributed by atoms with Gasteiger partial charge < -0.3 is 5.32 Å². The van der Waals surface area contributed by atoms with Gasteiger partial charge in [-0.25, -0.2) is 4.39 Å². The molecule has 1 amide bonds. The Labute approximate surface area is 96.0 Å². The summed E-state index contributed by atoms with van der Waals surface area (Å²) in [6.45, 7) is 0. The molecule has 1 saturated carbocycles. The lowest BCUT2D eigenvalue weighted by Crippen LogP contribution is -2.28. The van der Waals surface area contributed by atoms with E-state index in [1.165, 1.54) is 12.1 Å². The number of anilines is 1. The van der Waals surface area contributed by atoms with Crippen LogP contribution in [0.3, 0.4) is 0 Å². The highest BCUT2D eigenvalue weighted by Crippen LogP contribution is 2.28. The third-order valence-corrected chi connectivity index (χ3v) is 3.06. The largest absolute Gasteiger partial charge is 0.326 e. The fourth-order valence-electron chi connectivity index (χ4n) is 1.54. The van der Waals surface area contributed by atoms with Crippen LogP contribution in [0.4, 0.5) is 10.1 Å². The van der Waals surface area contributed by atoms with Gasteiger partial charge in [0.1, 0.15) is 5.82 Å². The van der Waals surface area contributed by atoms with Crippen LogP contribution in [0, 0.1) is 11.7 Å². The van der Waals surface area contributed by atoms with Crippen LogP contribution in [-0.4, -0.2) is 5.91 Å². The van der Waals surface area contributed by atoms with Crippen molar-refractivity contribution in [2.24, 2.45) is 5.92 Å². The number of halogens is 2. The maximum atomic E-state index is 13.0. The molecule has 1 fully saturated rings. The molecule has 1 aliphatic rings. The number of benzene rings is 1. The maximum Gasteiger partial charge on any atom is 0.227 e. The molecule has 0 bridgehead atoms. The van der Waals surface area contributed by atoms with E-state index in [2.05, 4.69) is 21.2 Å². The Balaban J connectivity index is 2.06. The Kier molecular flexibility index (Phi) is 3.05. The van der Waals surface area contributed by atoms with Gasteiger partial charge in [-0.05, 0) is 31.0 Å². The average Bonchev–Trinajstić information content (AvgIpc) is 1.96. The molecule has 1 aromatic carbocycles. The minimum absolute atomic E-state index is 0.00116. The summed E-state index contributed by atoms with van der Waals surface area (Å²) in [4.78, 5) is 11.6. The molecule has 0 heterocycles. The summed E-state index contributed by atoms with van der Waals surface area (Å²) in [6, 6.07) is 4.37. The van der Waals surface area contributed by atoms with Crippen molar-refractivity contribution < 1.29 is 9.18 Å². The van der Waals surface area contributed by atoms with Gasteiger partial charge in [-0.1, -0.05) is 22.4 Å². The maximum absolute atomic E-state index is 13.0. The van der Waals surface area contributed by atoms with Gasteiger partial charge in [0.2, 0.25) is 5.91 Å². The molecule has 4 heteroatoms. The Hall–Kier alpha value is -0.900. The van der Waals surface area contributed by atoms with Crippen molar-refractivity contribution in [3.63, 3.8) is 0 Å². The zero-order chi connectivity index (χ0) is 10.8. The highest BCUT2D eigenvalue weighted by molar-refractivity contribution is 9.10. The van der Waals surface area contributed by atoms with E-state index in [0.717, 1.165) is 19.3 Å². The first-order valence-electron chi connectivity index (χ1n) is 4.92. The first-order chi connectivity index (χ1) is 7.15. The topological polar surface area (TPSA) is 29.1 Å². The normalized spacial score (nSPS) is 15.9. The monoisotopic (exact) mass is 271 g/mol. The molecule has 1 aromatic rings. The molecule has 80 valence electrons. The van der Waals surface area contributed by atoms with E-state index in [-0.39, 0.29) is 17.6 Å². The van der Waals surface area contributed by atoms with Crippen LogP contribution < -0.4 is 5.32 Å². The highest BCUT2D eigenvalue weighted by atomic mass is 79.9. The Morgan fingerprint density at radius 2 is 2.13 bits per heavy atom. The molecule has 0 aliphatic heterocycles. The highest BCUT2D eigenvalue weighted by Gasteiger charge is 2.25. The molecule has 0 saturated heterocycles. The van der Waals surface area contributed by atoms with Gasteiger partial charge in [-0.15, -0.1) is 0 Å². The van der Waals surface area contributed by atoms with Crippen LogP contribution in [0.1, 0.15) is 19.3 Å². The minimum atomic E-state index is -0.353. The Morgan fingerprint density at radius 1 is 1.40 bits per heavy atom. The fraction of sp³-hybridized carbons (Fsp3) is 0.364. The van der Waals surface area contributed by atoms with E-state index in [1.807, 2.05) is 0 Å². The van der Waals surface area contributed by atoms with Gasteiger partial charge in [-0.3, -0.25) is 4.79 Å². The third-order valence-electron chi connectivity index (χ3n) is 2.61. The Bertz CT molecular complexity index is 370. The summed E-state index contributed by atoms with van der Waals surface area (Å²) in [5.41, 5.74) is 0.513. The van der Waals surface area contributed by atoms with Crippen molar-refractivity contribution in [2.45, 2.75) is 19.3 Å². The van der Waals surface area contributed by atoms with Gasteiger partial charge in [0, 0.05) is 16.1 Å². The van der Waals surface area contributed by atoms with Crippen molar-refractivity contribution in [3.8, 4) is 0 Å². The molecule has 2 nitrogen and oxygen atoms in total. The third kappa shape index (κ3) is 2.56. The molecule has 1 N–H and O–H groups in total. The minimum Gasteiger partial charge on any atom is -0.326 e. The van der Waals surface area contributed by atoms with E-state index >= 15 is 0 Å². The fourth-order valence-corrected chi connectivity index (χ4v) is 2.01. The van der Waals surface area contributed by atoms with E-state index in [0.29, 0.717) is 10.2 Å². The van der Waals surface area contributed by atoms with E-state index < -0.39 is 0 Å². The number of nitrogens with one attached hydrogen (secondary N) is 1. The Morgan fingerprint density at radius 3 is 2.67 bits per heavy atom. The zero-order valence-electron chi connectivity index (χ0n) is 8.09. The number of hydrogen-bond acceptors (Lipinski definition) is 1. The predicted molar refractivity (Wildman–Crippen MR) is 60.1 cm³/mol. The van der Waals surface area contributed by atoms with Crippen molar-refractivity contribution in [1.82, 2.24) is 0 Å². The number of hydrogen-bond donors (Lipinski definition) is 1.